The van der Waals surface area contributed by atoms with Crippen molar-refractivity contribution in [3.05, 3.63) is 88.7 Å². The molecule has 2 N–H and O–H groups in total. The Labute approximate surface area is 173 Å². The van der Waals surface area contributed by atoms with Crippen LogP contribution in [0.5, 0.6) is 0 Å². The number of anilines is 1. The Morgan fingerprint density at radius 2 is 1.73 bits per heavy atom. The van der Waals surface area contributed by atoms with Crippen LogP contribution in [0.4, 0.5) is 10.1 Å². The molecule has 1 aromatic heterocycles. The van der Waals surface area contributed by atoms with Crippen LogP contribution in [0.2, 0.25) is 0 Å². The summed E-state index contributed by atoms with van der Waals surface area (Å²) in [5.74, 6) is -0.106. The van der Waals surface area contributed by atoms with Crippen LogP contribution in [-0.2, 0) is 19.4 Å². The van der Waals surface area contributed by atoms with Crippen LogP contribution in [-0.4, -0.2) is 13.0 Å². The molecule has 0 atom stereocenters. The van der Waals surface area contributed by atoms with Crippen molar-refractivity contribution in [2.24, 2.45) is 0 Å². The first kappa shape index (κ1) is 18.4. The van der Waals surface area contributed by atoms with Crippen LogP contribution in [0.15, 0.2) is 65.1 Å². The third-order valence-corrected chi connectivity index (χ3v) is 5.73. The van der Waals surface area contributed by atoms with Crippen LogP contribution in [0, 0.1) is 5.82 Å². The highest BCUT2D eigenvalue weighted by molar-refractivity contribution is 6.11. The molecule has 30 heavy (non-hydrogen) atoms. The first-order valence-corrected chi connectivity index (χ1v) is 10.0. The number of benzene rings is 3. The molecule has 2 heterocycles. The fourth-order valence-corrected chi connectivity index (χ4v) is 4.15. The van der Waals surface area contributed by atoms with Gasteiger partial charge < -0.3 is 15.1 Å². The van der Waals surface area contributed by atoms with E-state index in [0.717, 1.165) is 36.0 Å². The summed E-state index contributed by atoms with van der Waals surface area (Å²) in [4.78, 5) is 12.7. The summed E-state index contributed by atoms with van der Waals surface area (Å²) in [5.41, 5.74) is 6.56. The fraction of sp³-hybridized carbons (Fsp3) is 0.160. The van der Waals surface area contributed by atoms with Gasteiger partial charge in [0.15, 0.2) is 0 Å². The second kappa shape index (κ2) is 7.34. The second-order valence-electron chi connectivity index (χ2n) is 7.52. The number of aryl methyl sites for hydroxylation is 2. The van der Waals surface area contributed by atoms with Crippen molar-refractivity contribution in [3.8, 4) is 11.3 Å². The fourth-order valence-electron chi connectivity index (χ4n) is 4.15. The topological polar surface area (TPSA) is 54.3 Å². The van der Waals surface area contributed by atoms with Crippen LogP contribution >= 0.6 is 0 Å². The first-order valence-electron chi connectivity index (χ1n) is 10.0. The highest BCUT2D eigenvalue weighted by Gasteiger charge is 2.23. The summed E-state index contributed by atoms with van der Waals surface area (Å²) >= 11 is 0. The van der Waals surface area contributed by atoms with Crippen molar-refractivity contribution >= 4 is 22.6 Å². The van der Waals surface area contributed by atoms with Gasteiger partial charge in [0.05, 0.1) is 5.56 Å². The number of hydrogen-bond acceptors (Lipinski definition) is 3. The standard InChI is InChI=1S/C25H21FN2O2/c1-27-25(29)23-20-12-17-7-6-15-4-2-3-5-18(15)14-28-21(17)13-22(20)30-24(23)16-8-10-19(26)11-9-16/h2-5,8-13,28H,6-7,14H2,1H3,(H,27,29). The van der Waals surface area contributed by atoms with E-state index < -0.39 is 0 Å². The molecule has 150 valence electrons. The van der Waals surface area contributed by atoms with Gasteiger partial charge in [-0.25, -0.2) is 4.39 Å². The Hall–Kier alpha value is -3.60. The van der Waals surface area contributed by atoms with Crippen molar-refractivity contribution in [1.82, 2.24) is 5.32 Å². The van der Waals surface area contributed by atoms with Crippen LogP contribution < -0.4 is 10.6 Å². The molecule has 1 aliphatic heterocycles. The van der Waals surface area contributed by atoms with Gasteiger partial charge in [0, 0.05) is 36.3 Å². The normalized spacial score (nSPS) is 13.0. The van der Waals surface area contributed by atoms with E-state index in [1.165, 1.54) is 23.3 Å². The molecule has 4 aromatic rings. The van der Waals surface area contributed by atoms with Gasteiger partial charge in [-0.2, -0.15) is 0 Å². The zero-order chi connectivity index (χ0) is 20.7. The summed E-state index contributed by atoms with van der Waals surface area (Å²) < 4.78 is 19.5. The quantitative estimate of drug-likeness (QED) is 0.479. The lowest BCUT2D eigenvalue weighted by Crippen LogP contribution is -2.18. The van der Waals surface area contributed by atoms with Gasteiger partial charge in [0.2, 0.25) is 0 Å². The van der Waals surface area contributed by atoms with Gasteiger partial charge in [0.25, 0.3) is 5.91 Å². The molecule has 0 aliphatic carbocycles. The largest absolute Gasteiger partial charge is 0.455 e. The van der Waals surface area contributed by atoms with E-state index in [4.69, 9.17) is 4.42 Å². The van der Waals surface area contributed by atoms with Gasteiger partial charge in [0.1, 0.15) is 17.2 Å². The number of rotatable bonds is 2. The average molecular weight is 400 g/mol. The molecule has 1 amide bonds. The van der Waals surface area contributed by atoms with Crippen LogP contribution in [0.3, 0.4) is 0 Å². The molecule has 0 spiro atoms. The molecular formula is C25H21FN2O2. The number of furan rings is 1. The van der Waals surface area contributed by atoms with E-state index in [1.54, 1.807) is 19.2 Å². The number of hydrogen-bond donors (Lipinski definition) is 2. The molecular weight excluding hydrogens is 379 g/mol. The van der Waals surface area contributed by atoms with Crippen molar-refractivity contribution in [2.45, 2.75) is 19.4 Å². The van der Waals surface area contributed by atoms with Gasteiger partial charge >= 0.3 is 0 Å². The summed E-state index contributed by atoms with van der Waals surface area (Å²) in [6.07, 6.45) is 1.80. The maximum absolute atomic E-state index is 13.4. The number of nitrogens with one attached hydrogen (secondary N) is 2. The van der Waals surface area contributed by atoms with Gasteiger partial charge in [-0.3, -0.25) is 4.79 Å². The molecule has 0 saturated heterocycles. The van der Waals surface area contributed by atoms with E-state index >= 15 is 0 Å². The maximum Gasteiger partial charge on any atom is 0.255 e. The highest BCUT2D eigenvalue weighted by Crippen LogP contribution is 2.37. The second-order valence-corrected chi connectivity index (χ2v) is 7.52. The summed E-state index contributed by atoms with van der Waals surface area (Å²) in [6.45, 7) is 0.739. The number of amides is 1. The molecule has 5 heteroatoms. The molecule has 5 rings (SSSR count). The summed E-state index contributed by atoms with van der Waals surface area (Å²) in [6, 6.07) is 18.5. The molecule has 1 aliphatic rings. The predicted molar refractivity (Wildman–Crippen MR) is 116 cm³/mol. The van der Waals surface area contributed by atoms with Crippen molar-refractivity contribution < 1.29 is 13.6 Å². The SMILES string of the molecule is CNC(=O)c1c(-c2ccc(F)cc2)oc2cc3c(cc12)CCc1ccccc1CN3. The van der Waals surface area contributed by atoms with Crippen molar-refractivity contribution in [3.63, 3.8) is 0 Å². The highest BCUT2D eigenvalue weighted by atomic mass is 19.1. The summed E-state index contributed by atoms with van der Waals surface area (Å²) in [5, 5.41) is 7.00. The van der Waals surface area contributed by atoms with Gasteiger partial charge in [-0.1, -0.05) is 24.3 Å². The zero-order valence-corrected chi connectivity index (χ0v) is 16.6. The Bertz CT molecular complexity index is 1260. The Morgan fingerprint density at radius 1 is 1.00 bits per heavy atom. The maximum atomic E-state index is 13.4. The van der Waals surface area contributed by atoms with E-state index in [0.29, 0.717) is 22.5 Å². The van der Waals surface area contributed by atoms with Gasteiger partial charge in [-0.15, -0.1) is 0 Å². The van der Waals surface area contributed by atoms with Crippen LogP contribution in [0.1, 0.15) is 27.0 Å². The third kappa shape index (κ3) is 3.12. The third-order valence-electron chi connectivity index (χ3n) is 5.73. The molecule has 0 unspecified atom stereocenters. The zero-order valence-electron chi connectivity index (χ0n) is 16.6. The monoisotopic (exact) mass is 400 g/mol. The molecule has 0 fully saturated rings. The molecule has 0 saturated carbocycles. The van der Waals surface area contributed by atoms with E-state index in [2.05, 4.69) is 34.9 Å². The van der Waals surface area contributed by atoms with Crippen LogP contribution in [0.25, 0.3) is 22.3 Å². The van der Waals surface area contributed by atoms with Gasteiger partial charge in [-0.05, 0) is 59.9 Å². The minimum Gasteiger partial charge on any atom is -0.455 e. The lowest BCUT2D eigenvalue weighted by molar-refractivity contribution is 0.0964. The number of carbonyl (C=O) groups excluding carboxylic acids is 1. The number of halogens is 1. The Morgan fingerprint density at radius 3 is 2.50 bits per heavy atom. The first-order chi connectivity index (χ1) is 14.6. The molecule has 4 nitrogen and oxygen atoms in total. The lowest BCUT2D eigenvalue weighted by atomic mass is 9.95. The van der Waals surface area contributed by atoms with E-state index in [9.17, 15) is 9.18 Å². The molecule has 0 radical (unpaired) electrons. The minimum atomic E-state index is -0.330. The van der Waals surface area contributed by atoms with E-state index in [1.807, 2.05) is 12.1 Å². The van der Waals surface area contributed by atoms with Crippen molar-refractivity contribution in [2.75, 3.05) is 12.4 Å². The lowest BCUT2D eigenvalue weighted by Gasteiger charge is -2.18. The number of carbonyl (C=O) groups is 1. The Balaban J connectivity index is 1.66. The predicted octanol–water partition coefficient (Wildman–Crippen LogP) is 5.31. The Kier molecular flexibility index (Phi) is 4.51. The molecule has 0 bridgehead atoms. The molecule has 3 aromatic carbocycles. The summed E-state index contributed by atoms with van der Waals surface area (Å²) in [7, 11) is 1.60. The minimum absolute atomic E-state index is 0.225. The smallest absolute Gasteiger partial charge is 0.255 e. The van der Waals surface area contributed by atoms with Crippen molar-refractivity contribution in [1.29, 1.82) is 0 Å². The van der Waals surface area contributed by atoms with E-state index in [-0.39, 0.29) is 11.7 Å². The average Bonchev–Trinajstić information content (AvgIpc) is 3.13. The number of fused-ring (bicyclic) bond motifs is 3.